The van der Waals surface area contributed by atoms with Gasteiger partial charge in [-0.1, -0.05) is 22.9 Å². The summed E-state index contributed by atoms with van der Waals surface area (Å²) >= 11 is 3.27. The molecule has 1 heterocycles. The van der Waals surface area contributed by atoms with Crippen LogP contribution in [0.1, 0.15) is 12.7 Å². The predicted octanol–water partition coefficient (Wildman–Crippen LogP) is 0.790. The van der Waals surface area contributed by atoms with E-state index in [0.717, 1.165) is 0 Å². The zero-order valence-corrected chi connectivity index (χ0v) is 11.3. The van der Waals surface area contributed by atoms with Gasteiger partial charge in [0.05, 0.1) is 0 Å². The summed E-state index contributed by atoms with van der Waals surface area (Å²) in [5.41, 5.74) is 0. The molecule has 15 heavy (non-hydrogen) atoms. The molecule has 0 saturated heterocycles. The standard InChI is InChI=1S/C8H14BrN3O2S/c1-6(9)4-10-15(13,14)8-5-12(3)7(2)11-8/h5-6,10H,4H2,1-3H3. The van der Waals surface area contributed by atoms with E-state index in [1.165, 1.54) is 6.20 Å². The third-order valence-corrected chi connectivity index (χ3v) is 3.53. The van der Waals surface area contributed by atoms with Crippen molar-refractivity contribution in [3.8, 4) is 0 Å². The molecule has 86 valence electrons. The van der Waals surface area contributed by atoms with Crippen molar-refractivity contribution < 1.29 is 8.42 Å². The molecule has 0 fully saturated rings. The van der Waals surface area contributed by atoms with Crippen molar-refractivity contribution in [2.24, 2.45) is 7.05 Å². The summed E-state index contributed by atoms with van der Waals surface area (Å²) in [6.07, 6.45) is 1.50. The topological polar surface area (TPSA) is 64.0 Å². The van der Waals surface area contributed by atoms with E-state index in [1.807, 2.05) is 6.92 Å². The van der Waals surface area contributed by atoms with Crippen LogP contribution in [0.4, 0.5) is 0 Å². The molecule has 1 aromatic rings. The lowest BCUT2D eigenvalue weighted by atomic mass is 10.5. The van der Waals surface area contributed by atoms with Gasteiger partial charge in [0, 0.05) is 24.6 Å². The van der Waals surface area contributed by atoms with Crippen molar-refractivity contribution in [1.29, 1.82) is 0 Å². The Morgan fingerprint density at radius 2 is 2.27 bits per heavy atom. The number of aromatic nitrogens is 2. The highest BCUT2D eigenvalue weighted by Crippen LogP contribution is 2.07. The maximum Gasteiger partial charge on any atom is 0.259 e. The molecule has 1 rings (SSSR count). The zero-order valence-electron chi connectivity index (χ0n) is 8.86. The number of hydrogen-bond donors (Lipinski definition) is 1. The fourth-order valence-electron chi connectivity index (χ4n) is 0.954. The summed E-state index contributed by atoms with van der Waals surface area (Å²) in [5.74, 6) is 0.669. The number of sulfonamides is 1. The number of nitrogens with one attached hydrogen (secondary N) is 1. The number of halogens is 1. The van der Waals surface area contributed by atoms with Crippen LogP contribution < -0.4 is 4.72 Å². The van der Waals surface area contributed by atoms with E-state index in [0.29, 0.717) is 12.4 Å². The molecule has 0 aliphatic carbocycles. The zero-order chi connectivity index (χ0) is 11.6. The van der Waals surface area contributed by atoms with Crippen molar-refractivity contribution in [1.82, 2.24) is 14.3 Å². The van der Waals surface area contributed by atoms with E-state index in [1.54, 1.807) is 18.5 Å². The fourth-order valence-corrected chi connectivity index (χ4v) is 2.50. The van der Waals surface area contributed by atoms with Gasteiger partial charge in [0.15, 0.2) is 5.03 Å². The Balaban J connectivity index is 2.87. The van der Waals surface area contributed by atoms with Gasteiger partial charge in [0.2, 0.25) is 0 Å². The van der Waals surface area contributed by atoms with E-state index in [2.05, 4.69) is 25.6 Å². The van der Waals surface area contributed by atoms with Gasteiger partial charge in [-0.05, 0) is 6.92 Å². The molecule has 0 aliphatic rings. The van der Waals surface area contributed by atoms with Gasteiger partial charge in [-0.2, -0.15) is 0 Å². The maximum absolute atomic E-state index is 11.7. The number of hydrogen-bond acceptors (Lipinski definition) is 3. The molecule has 0 aromatic carbocycles. The smallest absolute Gasteiger partial charge is 0.259 e. The minimum atomic E-state index is -3.47. The predicted molar refractivity (Wildman–Crippen MR) is 61.5 cm³/mol. The Hall–Kier alpha value is -0.400. The molecule has 0 bridgehead atoms. The molecule has 1 N–H and O–H groups in total. The van der Waals surface area contributed by atoms with Crippen LogP contribution in [0.5, 0.6) is 0 Å². The van der Waals surface area contributed by atoms with Gasteiger partial charge < -0.3 is 4.57 Å². The van der Waals surface area contributed by atoms with Crippen LogP contribution in [0.15, 0.2) is 11.2 Å². The van der Waals surface area contributed by atoms with E-state index in [4.69, 9.17) is 0 Å². The van der Waals surface area contributed by atoms with Gasteiger partial charge in [-0.25, -0.2) is 18.1 Å². The van der Waals surface area contributed by atoms with Crippen LogP contribution >= 0.6 is 15.9 Å². The van der Waals surface area contributed by atoms with Gasteiger partial charge in [0.25, 0.3) is 10.0 Å². The first kappa shape index (κ1) is 12.7. The Morgan fingerprint density at radius 1 is 1.67 bits per heavy atom. The van der Waals surface area contributed by atoms with Gasteiger partial charge in [0.1, 0.15) is 5.82 Å². The molecular weight excluding hydrogens is 282 g/mol. The largest absolute Gasteiger partial charge is 0.337 e. The molecule has 1 unspecified atom stereocenters. The lowest BCUT2D eigenvalue weighted by Gasteiger charge is -2.04. The number of nitrogens with zero attached hydrogens (tertiary/aromatic N) is 2. The summed E-state index contributed by atoms with van der Waals surface area (Å²) < 4.78 is 27.5. The fraction of sp³-hybridized carbons (Fsp3) is 0.625. The van der Waals surface area contributed by atoms with E-state index in [9.17, 15) is 8.42 Å². The molecule has 7 heteroatoms. The molecule has 5 nitrogen and oxygen atoms in total. The number of alkyl halides is 1. The highest BCUT2D eigenvalue weighted by Gasteiger charge is 2.18. The molecule has 0 saturated carbocycles. The van der Waals surface area contributed by atoms with Crippen LogP contribution in [0.3, 0.4) is 0 Å². The summed E-state index contributed by atoms with van der Waals surface area (Å²) in [7, 11) is -1.71. The highest BCUT2D eigenvalue weighted by atomic mass is 79.9. The number of imidazole rings is 1. The Bertz CT molecular complexity index is 419. The Labute approximate surface area is 98.1 Å². The minimum absolute atomic E-state index is 0.0654. The second-order valence-electron chi connectivity index (χ2n) is 3.37. The van der Waals surface area contributed by atoms with Crippen LogP contribution in [0, 0.1) is 6.92 Å². The lowest BCUT2D eigenvalue weighted by Crippen LogP contribution is -2.28. The average Bonchev–Trinajstić information content (AvgIpc) is 2.45. The Kier molecular flexibility index (Phi) is 3.91. The molecule has 0 amide bonds. The monoisotopic (exact) mass is 295 g/mol. The minimum Gasteiger partial charge on any atom is -0.337 e. The van der Waals surface area contributed by atoms with Crippen LogP contribution in [-0.2, 0) is 17.1 Å². The van der Waals surface area contributed by atoms with Gasteiger partial charge in [-0.3, -0.25) is 0 Å². The summed E-state index contributed by atoms with van der Waals surface area (Å²) in [5, 5.41) is 0.0654. The average molecular weight is 296 g/mol. The molecule has 1 aromatic heterocycles. The van der Waals surface area contributed by atoms with Crippen LogP contribution in [-0.4, -0.2) is 29.3 Å². The quantitative estimate of drug-likeness (QED) is 0.836. The molecule has 1 atom stereocenters. The lowest BCUT2D eigenvalue weighted by molar-refractivity contribution is 0.578. The second-order valence-corrected chi connectivity index (χ2v) is 6.65. The van der Waals surface area contributed by atoms with E-state index >= 15 is 0 Å². The van der Waals surface area contributed by atoms with Crippen molar-refractivity contribution in [2.75, 3.05) is 6.54 Å². The molecular formula is C8H14BrN3O2S. The second kappa shape index (κ2) is 4.63. The molecule has 0 radical (unpaired) electrons. The highest BCUT2D eigenvalue weighted by molar-refractivity contribution is 9.09. The van der Waals surface area contributed by atoms with Gasteiger partial charge >= 0.3 is 0 Å². The Morgan fingerprint density at radius 3 is 2.67 bits per heavy atom. The summed E-state index contributed by atoms with van der Waals surface area (Å²) in [6.45, 7) is 3.97. The van der Waals surface area contributed by atoms with Crippen LogP contribution in [0.25, 0.3) is 0 Å². The SMILES string of the molecule is Cc1nc(S(=O)(=O)NCC(C)Br)cn1C. The van der Waals surface area contributed by atoms with Crippen molar-refractivity contribution in [3.63, 3.8) is 0 Å². The maximum atomic E-state index is 11.7. The first-order chi connectivity index (χ1) is 6.83. The third-order valence-electron chi connectivity index (χ3n) is 1.92. The summed E-state index contributed by atoms with van der Waals surface area (Å²) in [4.78, 5) is 4.05. The molecule has 0 aliphatic heterocycles. The van der Waals surface area contributed by atoms with Crippen LogP contribution in [0.2, 0.25) is 0 Å². The normalized spacial score (nSPS) is 14.1. The van der Waals surface area contributed by atoms with E-state index in [-0.39, 0.29) is 9.85 Å². The van der Waals surface area contributed by atoms with E-state index < -0.39 is 10.0 Å². The van der Waals surface area contributed by atoms with Crippen molar-refractivity contribution in [2.45, 2.75) is 23.7 Å². The summed E-state index contributed by atoms with van der Waals surface area (Å²) in [6, 6.07) is 0. The van der Waals surface area contributed by atoms with Crippen molar-refractivity contribution in [3.05, 3.63) is 12.0 Å². The molecule has 0 spiro atoms. The van der Waals surface area contributed by atoms with Crippen molar-refractivity contribution >= 4 is 26.0 Å². The third kappa shape index (κ3) is 3.29. The number of rotatable bonds is 4. The number of aryl methyl sites for hydroxylation is 2. The van der Waals surface area contributed by atoms with Gasteiger partial charge in [-0.15, -0.1) is 0 Å². The first-order valence-electron chi connectivity index (χ1n) is 4.46. The first-order valence-corrected chi connectivity index (χ1v) is 6.86.